The Morgan fingerprint density at radius 1 is 1.33 bits per heavy atom. The molecule has 3 N–H and O–H groups in total. The van der Waals surface area contributed by atoms with E-state index in [2.05, 4.69) is 15.3 Å². The Morgan fingerprint density at radius 3 is 2.92 bits per heavy atom. The average molecular weight is 347 g/mol. The van der Waals surface area contributed by atoms with Crippen LogP contribution in [0, 0.1) is 6.92 Å². The van der Waals surface area contributed by atoms with Gasteiger partial charge >= 0.3 is 0 Å². The Balaban J connectivity index is 1.86. The normalized spacial score (nSPS) is 17.6. The molecule has 0 spiro atoms. The number of nitrogens with zero attached hydrogens (tertiary/aromatic N) is 2. The molecule has 24 heavy (non-hydrogen) atoms. The molecule has 1 aromatic heterocycles. The number of nitrogens with one attached hydrogen (secondary N) is 1. The minimum Gasteiger partial charge on any atom is -0.452 e. The summed E-state index contributed by atoms with van der Waals surface area (Å²) in [4.78, 5) is 20.2. The zero-order valence-electron chi connectivity index (χ0n) is 13.4. The first-order valence-corrected chi connectivity index (χ1v) is 8.26. The summed E-state index contributed by atoms with van der Waals surface area (Å²) in [5.74, 6) is 1.81. The van der Waals surface area contributed by atoms with E-state index in [4.69, 9.17) is 22.1 Å². The molecular formula is C17H19ClN4O2. The number of ether oxygens (including phenoxy) is 1. The van der Waals surface area contributed by atoms with E-state index in [9.17, 15) is 4.79 Å². The van der Waals surface area contributed by atoms with Gasteiger partial charge in [-0.05, 0) is 43.5 Å². The number of aryl methyl sites for hydroxylation is 1. The summed E-state index contributed by atoms with van der Waals surface area (Å²) in [5.41, 5.74) is 6.58. The molecule has 7 heteroatoms. The third-order valence-corrected chi connectivity index (χ3v) is 4.23. The largest absolute Gasteiger partial charge is 0.452 e. The monoisotopic (exact) mass is 346 g/mol. The van der Waals surface area contributed by atoms with Crippen molar-refractivity contribution in [3.05, 3.63) is 35.0 Å². The van der Waals surface area contributed by atoms with E-state index in [-0.39, 0.29) is 17.8 Å². The molecule has 0 aliphatic heterocycles. The molecule has 1 atom stereocenters. The van der Waals surface area contributed by atoms with Crippen molar-refractivity contribution in [2.24, 2.45) is 0 Å². The molecule has 0 saturated heterocycles. The standard InChI is InChI=1S/C17H19ClN4O2/c1-10-8-11(18)6-7-14(10)24-15-9-20-17(19)22-16(15)21-12-4-2-3-5-13(12)23/h6-9,12H,2-5H2,1H3,(H3,19,20,21,22). The smallest absolute Gasteiger partial charge is 0.222 e. The number of nitrogens with two attached hydrogens (primary N) is 1. The summed E-state index contributed by atoms with van der Waals surface area (Å²) in [7, 11) is 0. The molecule has 1 aromatic carbocycles. The van der Waals surface area contributed by atoms with Crippen LogP contribution in [0.1, 0.15) is 31.2 Å². The van der Waals surface area contributed by atoms with Gasteiger partial charge in [0, 0.05) is 11.4 Å². The molecule has 1 aliphatic rings. The van der Waals surface area contributed by atoms with E-state index in [0.717, 1.165) is 24.8 Å². The first-order valence-electron chi connectivity index (χ1n) is 7.88. The maximum absolute atomic E-state index is 12.1. The number of ketones is 1. The topological polar surface area (TPSA) is 90.1 Å². The lowest BCUT2D eigenvalue weighted by atomic mass is 9.94. The third-order valence-electron chi connectivity index (χ3n) is 4.00. The predicted octanol–water partition coefficient (Wildman–Crippen LogP) is 3.74. The van der Waals surface area contributed by atoms with E-state index >= 15 is 0 Å². The Labute approximate surface area is 145 Å². The van der Waals surface area contributed by atoms with Crippen LogP contribution in [0.5, 0.6) is 11.5 Å². The molecule has 0 amide bonds. The van der Waals surface area contributed by atoms with Crippen molar-refractivity contribution in [3.8, 4) is 11.5 Å². The lowest BCUT2D eigenvalue weighted by Gasteiger charge is -2.23. The van der Waals surface area contributed by atoms with Gasteiger partial charge in [-0.1, -0.05) is 18.0 Å². The molecule has 3 rings (SSSR count). The molecule has 1 unspecified atom stereocenters. The molecule has 126 valence electrons. The van der Waals surface area contributed by atoms with Gasteiger partial charge in [0.25, 0.3) is 0 Å². The maximum Gasteiger partial charge on any atom is 0.222 e. The molecule has 1 fully saturated rings. The van der Waals surface area contributed by atoms with Crippen LogP contribution in [0.3, 0.4) is 0 Å². The summed E-state index contributed by atoms with van der Waals surface area (Å²) in [6.45, 7) is 1.90. The number of anilines is 2. The third kappa shape index (κ3) is 3.76. The van der Waals surface area contributed by atoms with Crippen LogP contribution in [-0.4, -0.2) is 21.8 Å². The summed E-state index contributed by atoms with van der Waals surface area (Å²) in [5, 5.41) is 3.80. The number of hydrogen-bond donors (Lipinski definition) is 2. The predicted molar refractivity (Wildman–Crippen MR) is 93.6 cm³/mol. The minimum absolute atomic E-state index is 0.126. The summed E-state index contributed by atoms with van der Waals surface area (Å²) in [6.07, 6.45) is 4.82. The first-order chi connectivity index (χ1) is 11.5. The van der Waals surface area contributed by atoms with Crippen molar-refractivity contribution < 1.29 is 9.53 Å². The van der Waals surface area contributed by atoms with E-state index in [0.29, 0.717) is 28.8 Å². The number of carbonyl (C=O) groups is 1. The van der Waals surface area contributed by atoms with Crippen molar-refractivity contribution in [3.63, 3.8) is 0 Å². The van der Waals surface area contributed by atoms with Gasteiger partial charge in [-0.25, -0.2) is 4.98 Å². The fraction of sp³-hybridized carbons (Fsp3) is 0.353. The second kappa shape index (κ2) is 7.05. The lowest BCUT2D eigenvalue weighted by molar-refractivity contribution is -0.121. The molecule has 1 aliphatic carbocycles. The van der Waals surface area contributed by atoms with Crippen LogP contribution < -0.4 is 15.8 Å². The van der Waals surface area contributed by atoms with Gasteiger partial charge in [0.15, 0.2) is 17.4 Å². The van der Waals surface area contributed by atoms with Gasteiger partial charge in [-0.2, -0.15) is 4.98 Å². The maximum atomic E-state index is 12.1. The van der Waals surface area contributed by atoms with Gasteiger partial charge in [0.2, 0.25) is 5.95 Å². The fourth-order valence-electron chi connectivity index (χ4n) is 2.71. The molecule has 1 heterocycles. The second-order valence-corrected chi connectivity index (χ2v) is 6.30. The van der Waals surface area contributed by atoms with Gasteiger partial charge < -0.3 is 15.8 Å². The number of benzene rings is 1. The quantitative estimate of drug-likeness (QED) is 0.876. The molecule has 0 radical (unpaired) electrons. The molecule has 2 aromatic rings. The zero-order valence-corrected chi connectivity index (χ0v) is 14.1. The summed E-state index contributed by atoms with van der Waals surface area (Å²) in [6, 6.07) is 5.08. The second-order valence-electron chi connectivity index (χ2n) is 5.86. The number of hydrogen-bond acceptors (Lipinski definition) is 6. The highest BCUT2D eigenvalue weighted by Gasteiger charge is 2.24. The fourth-order valence-corrected chi connectivity index (χ4v) is 2.94. The van der Waals surface area contributed by atoms with Crippen LogP contribution in [0.25, 0.3) is 0 Å². The van der Waals surface area contributed by atoms with Crippen LogP contribution in [0.4, 0.5) is 11.8 Å². The Morgan fingerprint density at radius 2 is 2.17 bits per heavy atom. The van der Waals surface area contributed by atoms with Gasteiger partial charge in [0.1, 0.15) is 5.75 Å². The van der Waals surface area contributed by atoms with Crippen LogP contribution >= 0.6 is 11.6 Å². The van der Waals surface area contributed by atoms with E-state index < -0.39 is 0 Å². The van der Waals surface area contributed by atoms with Crippen molar-refractivity contribution in [2.45, 2.75) is 38.6 Å². The van der Waals surface area contributed by atoms with Crippen molar-refractivity contribution >= 4 is 29.2 Å². The van der Waals surface area contributed by atoms with Gasteiger partial charge in [0.05, 0.1) is 12.2 Å². The molecule has 0 bridgehead atoms. The van der Waals surface area contributed by atoms with Gasteiger partial charge in [-0.3, -0.25) is 4.79 Å². The van der Waals surface area contributed by atoms with Crippen LogP contribution in [0.2, 0.25) is 5.02 Å². The Hall–Kier alpha value is -2.34. The average Bonchev–Trinajstić information content (AvgIpc) is 2.54. The number of carbonyl (C=O) groups excluding carboxylic acids is 1. The summed E-state index contributed by atoms with van der Waals surface area (Å²) < 4.78 is 5.91. The Kier molecular flexibility index (Phi) is 4.85. The highest BCUT2D eigenvalue weighted by molar-refractivity contribution is 6.30. The lowest BCUT2D eigenvalue weighted by Crippen LogP contribution is -2.32. The van der Waals surface area contributed by atoms with Crippen molar-refractivity contribution in [1.82, 2.24) is 9.97 Å². The van der Waals surface area contributed by atoms with E-state index in [1.54, 1.807) is 12.1 Å². The Bertz CT molecular complexity index is 766. The number of halogens is 1. The molecule has 1 saturated carbocycles. The first kappa shape index (κ1) is 16.5. The van der Waals surface area contributed by atoms with Crippen molar-refractivity contribution in [1.29, 1.82) is 0 Å². The van der Waals surface area contributed by atoms with Crippen LogP contribution in [0.15, 0.2) is 24.4 Å². The number of aromatic nitrogens is 2. The molecule has 6 nitrogen and oxygen atoms in total. The van der Waals surface area contributed by atoms with E-state index in [1.807, 2.05) is 13.0 Å². The summed E-state index contributed by atoms with van der Waals surface area (Å²) >= 11 is 5.97. The SMILES string of the molecule is Cc1cc(Cl)ccc1Oc1cnc(N)nc1NC1CCCCC1=O. The van der Waals surface area contributed by atoms with E-state index in [1.165, 1.54) is 6.20 Å². The van der Waals surface area contributed by atoms with Crippen LogP contribution in [-0.2, 0) is 4.79 Å². The molecular weight excluding hydrogens is 328 g/mol. The van der Waals surface area contributed by atoms with Crippen molar-refractivity contribution in [2.75, 3.05) is 11.1 Å². The minimum atomic E-state index is -0.262. The zero-order chi connectivity index (χ0) is 17.1. The number of rotatable bonds is 4. The number of nitrogen functional groups attached to an aromatic ring is 1. The van der Waals surface area contributed by atoms with Gasteiger partial charge in [-0.15, -0.1) is 0 Å². The number of Topliss-reactive ketones (excluding diaryl/α,β-unsaturated/α-hetero) is 1. The highest BCUT2D eigenvalue weighted by Crippen LogP contribution is 2.32. The highest BCUT2D eigenvalue weighted by atomic mass is 35.5.